The van der Waals surface area contributed by atoms with Crippen molar-refractivity contribution in [1.29, 1.82) is 0 Å². The molecule has 3 aromatic rings. The van der Waals surface area contributed by atoms with Gasteiger partial charge in [-0.25, -0.2) is 0 Å². The summed E-state index contributed by atoms with van der Waals surface area (Å²) in [5.41, 5.74) is 4.15. The number of aryl methyl sites for hydroxylation is 3. The zero-order valence-corrected chi connectivity index (χ0v) is 13.9. The second-order valence-electron chi connectivity index (χ2n) is 5.08. The third-order valence-electron chi connectivity index (χ3n) is 3.34. The molecule has 0 fully saturated rings. The summed E-state index contributed by atoms with van der Waals surface area (Å²) >= 11 is 0. The first-order valence-electron chi connectivity index (χ1n) is 7.80. The maximum atomic E-state index is 2.16. The van der Waals surface area contributed by atoms with E-state index in [4.69, 9.17) is 0 Å². The SMILES string of the molecule is CCc1ccccc1.Cc1ccccc1C.c1ccccc1. The highest BCUT2D eigenvalue weighted by molar-refractivity contribution is 5.23. The van der Waals surface area contributed by atoms with Gasteiger partial charge in [-0.1, -0.05) is 97.9 Å². The van der Waals surface area contributed by atoms with Crippen LogP contribution in [-0.2, 0) is 6.42 Å². The Hall–Kier alpha value is -2.34. The summed E-state index contributed by atoms with van der Waals surface area (Å²) < 4.78 is 0. The van der Waals surface area contributed by atoms with Crippen LogP contribution in [0.4, 0.5) is 0 Å². The van der Waals surface area contributed by atoms with Crippen LogP contribution in [-0.4, -0.2) is 0 Å². The molecule has 0 amide bonds. The van der Waals surface area contributed by atoms with Gasteiger partial charge in [0.25, 0.3) is 0 Å². The minimum Gasteiger partial charge on any atom is -0.0623 e. The van der Waals surface area contributed by atoms with Crippen LogP contribution in [0.15, 0.2) is 91.0 Å². The quantitative estimate of drug-likeness (QED) is 0.497. The van der Waals surface area contributed by atoms with E-state index in [0.29, 0.717) is 0 Å². The molecular weight excluding hydrogens is 264 g/mol. The van der Waals surface area contributed by atoms with Gasteiger partial charge < -0.3 is 0 Å². The minimum absolute atomic E-state index is 1.14. The Labute approximate surface area is 135 Å². The normalized spacial score (nSPS) is 8.86. The fourth-order valence-corrected chi connectivity index (χ4v) is 1.76. The first-order chi connectivity index (χ1) is 10.7. The van der Waals surface area contributed by atoms with Gasteiger partial charge in [0.15, 0.2) is 0 Å². The van der Waals surface area contributed by atoms with E-state index in [9.17, 15) is 0 Å². The molecule has 3 aromatic carbocycles. The van der Waals surface area contributed by atoms with E-state index in [0.717, 1.165) is 6.42 Å². The van der Waals surface area contributed by atoms with Crippen LogP contribution in [0.2, 0.25) is 0 Å². The molecule has 0 bridgehead atoms. The lowest BCUT2D eigenvalue weighted by atomic mass is 10.1. The Balaban J connectivity index is 0.000000167. The first-order valence-corrected chi connectivity index (χ1v) is 7.80. The molecule has 0 N–H and O–H groups in total. The monoisotopic (exact) mass is 290 g/mol. The second kappa shape index (κ2) is 11.3. The maximum absolute atomic E-state index is 2.16. The molecule has 0 saturated heterocycles. The van der Waals surface area contributed by atoms with Gasteiger partial charge in [0.2, 0.25) is 0 Å². The molecule has 0 heteroatoms. The molecule has 22 heavy (non-hydrogen) atoms. The second-order valence-corrected chi connectivity index (χ2v) is 5.08. The van der Waals surface area contributed by atoms with Crippen molar-refractivity contribution in [2.24, 2.45) is 0 Å². The molecule has 0 aromatic heterocycles. The van der Waals surface area contributed by atoms with Crippen molar-refractivity contribution in [3.05, 3.63) is 108 Å². The predicted octanol–water partition coefficient (Wildman–Crippen LogP) is 6.24. The Bertz CT molecular complexity index is 550. The molecule has 0 aliphatic heterocycles. The molecule has 0 unspecified atom stereocenters. The summed E-state index contributed by atoms with van der Waals surface area (Å²) in [6.07, 6.45) is 1.14. The number of hydrogen-bond acceptors (Lipinski definition) is 0. The number of hydrogen-bond donors (Lipinski definition) is 0. The van der Waals surface area contributed by atoms with E-state index in [2.05, 4.69) is 69.3 Å². The van der Waals surface area contributed by atoms with Crippen molar-refractivity contribution in [3.63, 3.8) is 0 Å². The van der Waals surface area contributed by atoms with Crippen molar-refractivity contribution in [2.45, 2.75) is 27.2 Å². The summed E-state index contributed by atoms with van der Waals surface area (Å²) in [4.78, 5) is 0. The average molecular weight is 290 g/mol. The average Bonchev–Trinajstić information content (AvgIpc) is 2.61. The van der Waals surface area contributed by atoms with Crippen molar-refractivity contribution in [1.82, 2.24) is 0 Å². The molecule has 0 radical (unpaired) electrons. The van der Waals surface area contributed by atoms with Gasteiger partial charge in [-0.15, -0.1) is 0 Å². The van der Waals surface area contributed by atoms with Gasteiger partial charge in [-0.05, 0) is 37.0 Å². The van der Waals surface area contributed by atoms with Crippen molar-refractivity contribution in [2.75, 3.05) is 0 Å². The lowest BCUT2D eigenvalue weighted by Crippen LogP contribution is -1.74. The van der Waals surface area contributed by atoms with E-state index in [1.807, 2.05) is 42.5 Å². The smallest absolute Gasteiger partial charge is 0.0307 e. The predicted molar refractivity (Wildman–Crippen MR) is 98.2 cm³/mol. The van der Waals surface area contributed by atoms with Gasteiger partial charge >= 0.3 is 0 Å². The Morgan fingerprint density at radius 3 is 1.09 bits per heavy atom. The van der Waals surface area contributed by atoms with Gasteiger partial charge in [-0.3, -0.25) is 0 Å². The third kappa shape index (κ3) is 8.06. The minimum atomic E-state index is 1.14. The number of rotatable bonds is 1. The fraction of sp³-hybridized carbons (Fsp3) is 0.182. The zero-order valence-electron chi connectivity index (χ0n) is 13.9. The fourth-order valence-electron chi connectivity index (χ4n) is 1.76. The van der Waals surface area contributed by atoms with Crippen LogP contribution in [0.5, 0.6) is 0 Å². The maximum Gasteiger partial charge on any atom is -0.0307 e. The molecule has 0 atom stereocenters. The Morgan fingerprint density at radius 2 is 0.818 bits per heavy atom. The largest absolute Gasteiger partial charge is 0.0623 e. The van der Waals surface area contributed by atoms with E-state index in [1.165, 1.54) is 16.7 Å². The summed E-state index contributed by atoms with van der Waals surface area (Å²) in [5.74, 6) is 0. The highest BCUT2D eigenvalue weighted by atomic mass is 13.9. The first kappa shape index (κ1) is 17.7. The van der Waals surface area contributed by atoms with Crippen LogP contribution in [0.3, 0.4) is 0 Å². The number of benzene rings is 3. The molecule has 0 aliphatic rings. The molecule has 0 heterocycles. The molecule has 0 nitrogen and oxygen atoms in total. The van der Waals surface area contributed by atoms with Crippen molar-refractivity contribution in [3.8, 4) is 0 Å². The van der Waals surface area contributed by atoms with E-state index in [1.54, 1.807) is 0 Å². The van der Waals surface area contributed by atoms with Crippen molar-refractivity contribution < 1.29 is 0 Å². The molecule has 114 valence electrons. The van der Waals surface area contributed by atoms with Gasteiger partial charge in [0, 0.05) is 0 Å². The third-order valence-corrected chi connectivity index (χ3v) is 3.34. The van der Waals surface area contributed by atoms with Gasteiger partial charge in [-0.2, -0.15) is 0 Å². The van der Waals surface area contributed by atoms with Gasteiger partial charge in [0.05, 0.1) is 0 Å². The zero-order chi connectivity index (χ0) is 16.0. The van der Waals surface area contributed by atoms with E-state index < -0.39 is 0 Å². The lowest BCUT2D eigenvalue weighted by molar-refractivity contribution is 1.14. The van der Waals surface area contributed by atoms with Crippen LogP contribution in [0, 0.1) is 13.8 Å². The Morgan fingerprint density at radius 1 is 0.500 bits per heavy atom. The van der Waals surface area contributed by atoms with E-state index >= 15 is 0 Å². The standard InChI is InChI=1S/2C8H10.C6H6/c1-7-5-3-4-6-8(7)2;1-2-8-6-4-3-5-7-8;1-2-4-6-5-3-1/h3-6H,1-2H3;3-7H,2H2,1H3;1-6H. The van der Waals surface area contributed by atoms with Crippen molar-refractivity contribution >= 4 is 0 Å². The summed E-state index contributed by atoms with van der Waals surface area (Å²) in [6, 6.07) is 30.8. The van der Waals surface area contributed by atoms with Crippen LogP contribution >= 0.6 is 0 Å². The topological polar surface area (TPSA) is 0 Å². The van der Waals surface area contributed by atoms with Crippen LogP contribution < -0.4 is 0 Å². The molecule has 0 saturated carbocycles. The van der Waals surface area contributed by atoms with Crippen LogP contribution in [0.1, 0.15) is 23.6 Å². The highest BCUT2D eigenvalue weighted by Crippen LogP contribution is 2.02. The summed E-state index contributed by atoms with van der Waals surface area (Å²) in [6.45, 7) is 6.40. The van der Waals surface area contributed by atoms with Gasteiger partial charge in [0.1, 0.15) is 0 Å². The lowest BCUT2D eigenvalue weighted by Gasteiger charge is -1.93. The van der Waals surface area contributed by atoms with Crippen LogP contribution in [0.25, 0.3) is 0 Å². The molecule has 0 aliphatic carbocycles. The highest BCUT2D eigenvalue weighted by Gasteiger charge is 1.83. The molecular formula is C22H26. The summed E-state index contributed by atoms with van der Waals surface area (Å²) in [7, 11) is 0. The molecule has 0 spiro atoms. The Kier molecular flexibility index (Phi) is 9.12. The molecule has 3 rings (SSSR count). The van der Waals surface area contributed by atoms with E-state index in [-0.39, 0.29) is 0 Å². The summed E-state index contributed by atoms with van der Waals surface area (Å²) in [5, 5.41) is 0.